The molecule has 0 saturated carbocycles. The maximum atomic E-state index is 12.3. The van der Waals surface area contributed by atoms with E-state index in [1.165, 1.54) is 25.2 Å². The standard InChI is InChI=1S/C14H24N2O4S.C8H12N2OS/c1-9(2)21(18,19)14(6,7)12(17)15-11-8-10(20-16-11)13(3,4)5;1-8(2,3)5-4-12-7(10-5)6(9)11/h8-9H,1-7H3,(H,15,16,17);4H,1-3H3,(H2,9,11). The molecule has 11 heteroatoms. The topological polar surface area (TPSA) is 145 Å². The van der Waals surface area contributed by atoms with E-state index >= 15 is 0 Å². The van der Waals surface area contributed by atoms with Crippen LogP contribution in [-0.2, 0) is 25.5 Å². The van der Waals surface area contributed by atoms with E-state index in [9.17, 15) is 18.0 Å². The second kappa shape index (κ2) is 9.92. The largest absolute Gasteiger partial charge is 0.364 e. The van der Waals surface area contributed by atoms with Gasteiger partial charge in [-0.25, -0.2) is 13.4 Å². The van der Waals surface area contributed by atoms with Crippen LogP contribution in [0.5, 0.6) is 0 Å². The predicted octanol–water partition coefficient (Wildman–Crippen LogP) is 4.05. The van der Waals surface area contributed by atoms with Crippen LogP contribution >= 0.6 is 11.3 Å². The minimum atomic E-state index is -3.59. The molecule has 9 nitrogen and oxygen atoms in total. The number of hydrogen-bond donors (Lipinski definition) is 2. The number of nitrogens with zero attached hydrogens (tertiary/aromatic N) is 2. The van der Waals surface area contributed by atoms with Crippen LogP contribution in [0.4, 0.5) is 5.82 Å². The number of primary amides is 1. The molecule has 0 aliphatic carbocycles. The monoisotopic (exact) mass is 500 g/mol. The quantitative estimate of drug-likeness (QED) is 0.630. The van der Waals surface area contributed by atoms with Crippen LogP contribution in [-0.4, -0.2) is 40.4 Å². The van der Waals surface area contributed by atoms with Gasteiger partial charge in [0.15, 0.2) is 20.7 Å². The Kier molecular flexibility index (Phi) is 8.65. The molecule has 33 heavy (non-hydrogen) atoms. The molecule has 3 N–H and O–H groups in total. The number of nitrogens with one attached hydrogen (secondary N) is 1. The summed E-state index contributed by atoms with van der Waals surface area (Å²) in [6.45, 7) is 17.9. The highest BCUT2D eigenvalue weighted by molar-refractivity contribution is 7.94. The molecule has 0 fully saturated rings. The fraction of sp³-hybridized carbons (Fsp3) is 0.636. The predicted molar refractivity (Wildman–Crippen MR) is 131 cm³/mol. The zero-order valence-electron chi connectivity index (χ0n) is 21.1. The van der Waals surface area contributed by atoms with Crippen molar-refractivity contribution >= 4 is 38.8 Å². The Labute approximate surface area is 200 Å². The first-order valence-electron chi connectivity index (χ1n) is 10.5. The Morgan fingerprint density at radius 2 is 1.61 bits per heavy atom. The minimum Gasteiger partial charge on any atom is -0.364 e. The Morgan fingerprint density at radius 1 is 1.06 bits per heavy atom. The molecule has 2 aromatic rings. The zero-order valence-corrected chi connectivity index (χ0v) is 22.7. The van der Waals surface area contributed by atoms with Crippen molar-refractivity contribution in [3.05, 3.63) is 27.9 Å². The first-order valence-corrected chi connectivity index (χ1v) is 12.9. The third-order valence-corrected chi connectivity index (χ3v) is 8.56. The lowest BCUT2D eigenvalue weighted by Gasteiger charge is -2.25. The van der Waals surface area contributed by atoms with E-state index in [4.69, 9.17) is 10.3 Å². The maximum Gasteiger partial charge on any atom is 0.277 e. The lowest BCUT2D eigenvalue weighted by atomic mass is 9.93. The van der Waals surface area contributed by atoms with Crippen LogP contribution < -0.4 is 11.1 Å². The van der Waals surface area contributed by atoms with Gasteiger partial charge in [0, 0.05) is 22.3 Å². The van der Waals surface area contributed by atoms with E-state index in [2.05, 4.69) is 15.5 Å². The number of rotatable bonds is 5. The molecule has 0 unspecified atom stereocenters. The zero-order chi connectivity index (χ0) is 26.0. The second-order valence-corrected chi connectivity index (χ2v) is 14.4. The Hall–Kier alpha value is -2.27. The highest BCUT2D eigenvalue weighted by atomic mass is 32.2. The summed E-state index contributed by atoms with van der Waals surface area (Å²) in [7, 11) is -3.59. The van der Waals surface area contributed by atoms with Gasteiger partial charge < -0.3 is 15.6 Å². The van der Waals surface area contributed by atoms with Crippen molar-refractivity contribution in [3.63, 3.8) is 0 Å². The van der Waals surface area contributed by atoms with Gasteiger partial charge in [-0.1, -0.05) is 46.7 Å². The van der Waals surface area contributed by atoms with Gasteiger partial charge in [0.05, 0.1) is 10.9 Å². The molecule has 0 bridgehead atoms. The van der Waals surface area contributed by atoms with Crippen LogP contribution in [0.3, 0.4) is 0 Å². The number of nitrogens with two attached hydrogens (primary N) is 1. The lowest BCUT2D eigenvalue weighted by Crippen LogP contribution is -2.47. The van der Waals surface area contributed by atoms with E-state index < -0.39 is 31.6 Å². The van der Waals surface area contributed by atoms with Crippen molar-refractivity contribution in [1.29, 1.82) is 0 Å². The second-order valence-electron chi connectivity index (χ2n) is 10.5. The van der Waals surface area contributed by atoms with Gasteiger partial charge in [-0.3, -0.25) is 9.59 Å². The van der Waals surface area contributed by atoms with E-state index in [-0.39, 0.29) is 16.6 Å². The Balaban J connectivity index is 0.000000383. The molecule has 2 amide bonds. The highest BCUT2D eigenvalue weighted by Gasteiger charge is 2.43. The van der Waals surface area contributed by atoms with Crippen LogP contribution in [0, 0.1) is 0 Å². The van der Waals surface area contributed by atoms with Crippen LogP contribution in [0.25, 0.3) is 0 Å². The van der Waals surface area contributed by atoms with Gasteiger partial charge in [0.25, 0.3) is 5.91 Å². The van der Waals surface area contributed by atoms with Crippen molar-refractivity contribution in [2.75, 3.05) is 5.32 Å². The number of carbonyl (C=O) groups is 2. The summed E-state index contributed by atoms with van der Waals surface area (Å²) < 4.78 is 28.1. The summed E-state index contributed by atoms with van der Waals surface area (Å²) in [5.41, 5.74) is 5.75. The molecule has 0 aliphatic rings. The van der Waals surface area contributed by atoms with Crippen LogP contribution in [0.1, 0.15) is 90.5 Å². The molecule has 0 radical (unpaired) electrons. The first-order chi connectivity index (χ1) is 14.7. The summed E-state index contributed by atoms with van der Waals surface area (Å²) in [5, 5.41) is 7.90. The van der Waals surface area contributed by atoms with Gasteiger partial charge in [-0.2, -0.15) is 0 Å². The summed E-state index contributed by atoms with van der Waals surface area (Å²) in [5.74, 6) is -0.236. The molecule has 2 aromatic heterocycles. The number of hydrogen-bond acceptors (Lipinski definition) is 8. The van der Waals surface area contributed by atoms with Gasteiger partial charge in [0.2, 0.25) is 5.91 Å². The maximum absolute atomic E-state index is 12.3. The van der Waals surface area contributed by atoms with E-state index in [0.29, 0.717) is 10.8 Å². The number of amides is 2. The highest BCUT2D eigenvalue weighted by Crippen LogP contribution is 2.27. The van der Waals surface area contributed by atoms with Crippen LogP contribution in [0.15, 0.2) is 16.0 Å². The number of thiazole rings is 1. The molecular formula is C22H36N4O5S2. The van der Waals surface area contributed by atoms with Crippen LogP contribution in [0.2, 0.25) is 0 Å². The van der Waals surface area contributed by atoms with Crippen molar-refractivity contribution in [1.82, 2.24) is 10.1 Å². The first kappa shape index (κ1) is 28.8. The number of carbonyl (C=O) groups excluding carboxylic acids is 2. The minimum absolute atomic E-state index is 0.00972. The van der Waals surface area contributed by atoms with Gasteiger partial charge in [0.1, 0.15) is 10.5 Å². The summed E-state index contributed by atoms with van der Waals surface area (Å²) in [4.78, 5) is 27.1. The third kappa shape index (κ3) is 7.10. The molecule has 0 atom stereocenters. The average molecular weight is 501 g/mol. The fourth-order valence-corrected chi connectivity index (χ4v) is 4.79. The molecule has 186 valence electrons. The normalized spacial score (nSPS) is 12.8. The van der Waals surface area contributed by atoms with Gasteiger partial charge in [-0.05, 0) is 27.7 Å². The number of aromatic nitrogens is 2. The van der Waals surface area contributed by atoms with E-state index in [0.717, 1.165) is 5.69 Å². The van der Waals surface area contributed by atoms with Crippen molar-refractivity contribution in [2.45, 2.75) is 90.1 Å². The smallest absolute Gasteiger partial charge is 0.277 e. The molecular weight excluding hydrogens is 464 g/mol. The van der Waals surface area contributed by atoms with E-state index in [1.807, 2.05) is 46.9 Å². The third-order valence-electron chi connectivity index (χ3n) is 4.85. The van der Waals surface area contributed by atoms with Gasteiger partial charge >= 0.3 is 0 Å². The van der Waals surface area contributed by atoms with Gasteiger partial charge in [-0.15, -0.1) is 11.3 Å². The number of sulfone groups is 1. The summed E-state index contributed by atoms with van der Waals surface area (Å²) in [6, 6.07) is 1.61. The van der Waals surface area contributed by atoms with E-state index in [1.54, 1.807) is 19.9 Å². The molecule has 2 heterocycles. The van der Waals surface area contributed by atoms with Crippen molar-refractivity contribution < 1.29 is 22.5 Å². The number of anilines is 1. The molecule has 0 saturated heterocycles. The molecule has 2 rings (SSSR count). The Morgan fingerprint density at radius 3 is 1.94 bits per heavy atom. The lowest BCUT2D eigenvalue weighted by molar-refractivity contribution is -0.117. The SMILES string of the molecule is CC(C)(C)c1csc(C(N)=O)n1.CC(C)S(=O)(=O)C(C)(C)C(=O)Nc1cc(C(C)(C)C)on1. The molecule has 0 aromatic carbocycles. The molecule has 0 aliphatic heterocycles. The van der Waals surface area contributed by atoms with Crippen molar-refractivity contribution in [2.24, 2.45) is 5.73 Å². The fourth-order valence-electron chi connectivity index (χ4n) is 2.40. The molecule has 0 spiro atoms. The average Bonchev–Trinajstić information content (AvgIpc) is 3.30. The van der Waals surface area contributed by atoms with Crippen molar-refractivity contribution in [3.8, 4) is 0 Å². The summed E-state index contributed by atoms with van der Waals surface area (Å²) in [6.07, 6.45) is 0. The summed E-state index contributed by atoms with van der Waals surface area (Å²) >= 11 is 1.30. The Bertz CT molecular complexity index is 1080.